The van der Waals surface area contributed by atoms with Crippen LogP contribution in [0.2, 0.25) is 0 Å². The molecule has 1 N–H and O–H groups in total. The zero-order chi connectivity index (χ0) is 21.8. The predicted molar refractivity (Wildman–Crippen MR) is 105 cm³/mol. The summed E-state index contributed by atoms with van der Waals surface area (Å²) in [5.41, 5.74) is 4.24. The summed E-state index contributed by atoms with van der Waals surface area (Å²) in [5, 5.41) is 7.12. The van der Waals surface area contributed by atoms with Gasteiger partial charge in [0.25, 0.3) is 0 Å². The quantitative estimate of drug-likeness (QED) is 0.770. The molecule has 2 bridgehead atoms. The third-order valence-corrected chi connectivity index (χ3v) is 5.66. The molecule has 8 heteroatoms. The van der Waals surface area contributed by atoms with Crippen LogP contribution in [0.5, 0.6) is 0 Å². The number of piperidine rings is 1. The number of likely N-dealkylation sites (tertiary alicyclic amines) is 1. The number of aliphatic carboxylic acids is 1. The second kappa shape index (κ2) is 9.91. The Morgan fingerprint density at radius 1 is 1.24 bits per heavy atom. The molecule has 3 unspecified atom stereocenters. The molecule has 3 rings (SSSR count). The number of likely N-dealkylation sites (N-methyl/N-ethyl adjacent to an activating group) is 1. The highest BCUT2D eigenvalue weighted by atomic mass is 19.4. The number of carboxylic acids is 1. The minimum atomic E-state index is -5.08. The third kappa shape index (κ3) is 6.69. The van der Waals surface area contributed by atoms with Crippen molar-refractivity contribution >= 4 is 5.97 Å². The number of halogens is 3. The van der Waals surface area contributed by atoms with Gasteiger partial charge in [0.2, 0.25) is 0 Å². The SMILES string of the molecule is Cc1ccc(CN2CC3CCC2C3OCCN(C)C)cc1C.O=C(O)C(F)(F)F. The van der Waals surface area contributed by atoms with Crippen LogP contribution in [-0.2, 0) is 16.1 Å². The summed E-state index contributed by atoms with van der Waals surface area (Å²) in [6, 6.07) is 7.53. The van der Waals surface area contributed by atoms with E-state index < -0.39 is 12.1 Å². The van der Waals surface area contributed by atoms with Gasteiger partial charge in [-0.25, -0.2) is 4.79 Å². The lowest BCUT2D eigenvalue weighted by Gasteiger charge is -2.27. The maximum absolute atomic E-state index is 10.6. The molecule has 0 aromatic heterocycles. The first-order valence-corrected chi connectivity index (χ1v) is 9.85. The van der Waals surface area contributed by atoms with Gasteiger partial charge in [-0.2, -0.15) is 13.2 Å². The summed E-state index contributed by atoms with van der Waals surface area (Å²) >= 11 is 0. The number of alkyl halides is 3. The number of hydrogen-bond donors (Lipinski definition) is 1. The Labute approximate surface area is 170 Å². The lowest BCUT2D eigenvalue weighted by atomic mass is 10.0. The molecule has 1 aromatic rings. The van der Waals surface area contributed by atoms with Crippen molar-refractivity contribution in [3.05, 3.63) is 34.9 Å². The van der Waals surface area contributed by atoms with Crippen molar-refractivity contribution in [3.63, 3.8) is 0 Å². The van der Waals surface area contributed by atoms with Gasteiger partial charge in [-0.1, -0.05) is 18.2 Å². The van der Waals surface area contributed by atoms with E-state index in [0.29, 0.717) is 12.1 Å². The van der Waals surface area contributed by atoms with Gasteiger partial charge in [-0.05, 0) is 63.4 Å². The largest absolute Gasteiger partial charge is 0.490 e. The molecular weight excluding hydrogens is 385 g/mol. The Morgan fingerprint density at radius 2 is 1.90 bits per heavy atom. The Balaban J connectivity index is 0.000000370. The molecule has 1 saturated heterocycles. The molecule has 29 heavy (non-hydrogen) atoms. The summed E-state index contributed by atoms with van der Waals surface area (Å²) in [6.45, 7) is 8.57. The van der Waals surface area contributed by atoms with E-state index in [1.165, 1.54) is 36.1 Å². The molecule has 2 fully saturated rings. The number of carbonyl (C=O) groups is 1. The van der Waals surface area contributed by atoms with Crippen LogP contribution in [0.1, 0.15) is 29.5 Å². The van der Waals surface area contributed by atoms with Gasteiger partial charge < -0.3 is 14.7 Å². The standard InChI is InChI=1S/C19H30N2O.C2HF3O2/c1-14-5-6-16(11-15(14)2)12-21-13-17-7-8-18(21)19(17)22-10-9-20(3)4;3-2(4,5)1(6)7/h5-6,11,17-19H,7-10,12-13H2,1-4H3;(H,6,7). The number of aryl methyl sites for hydroxylation is 2. The van der Waals surface area contributed by atoms with E-state index >= 15 is 0 Å². The number of ether oxygens (including phenoxy) is 1. The van der Waals surface area contributed by atoms with Gasteiger partial charge in [0.15, 0.2) is 0 Å². The second-order valence-electron chi connectivity index (χ2n) is 8.19. The molecule has 3 atom stereocenters. The first-order valence-electron chi connectivity index (χ1n) is 9.85. The van der Waals surface area contributed by atoms with Gasteiger partial charge in [-0.15, -0.1) is 0 Å². The van der Waals surface area contributed by atoms with Crippen molar-refractivity contribution in [3.8, 4) is 0 Å². The number of benzene rings is 1. The van der Waals surface area contributed by atoms with Crippen molar-refractivity contribution in [1.29, 1.82) is 0 Å². The van der Waals surface area contributed by atoms with E-state index in [9.17, 15) is 13.2 Å². The fourth-order valence-electron chi connectivity index (χ4n) is 3.99. The number of carboxylic acid groups (broad SMARTS) is 1. The molecule has 0 radical (unpaired) electrons. The van der Waals surface area contributed by atoms with Crippen molar-refractivity contribution < 1.29 is 27.8 Å². The minimum absolute atomic E-state index is 0.464. The van der Waals surface area contributed by atoms with Crippen LogP contribution in [0.3, 0.4) is 0 Å². The van der Waals surface area contributed by atoms with E-state index in [1.54, 1.807) is 0 Å². The molecule has 1 aromatic carbocycles. The molecule has 0 spiro atoms. The van der Waals surface area contributed by atoms with Crippen LogP contribution in [-0.4, -0.2) is 73.0 Å². The summed E-state index contributed by atoms with van der Waals surface area (Å²) < 4.78 is 38.0. The minimum Gasteiger partial charge on any atom is -0.475 e. The van der Waals surface area contributed by atoms with Gasteiger partial charge >= 0.3 is 12.1 Å². The molecule has 0 amide bonds. The van der Waals surface area contributed by atoms with Gasteiger partial charge in [0.05, 0.1) is 12.7 Å². The van der Waals surface area contributed by atoms with Crippen LogP contribution in [0, 0.1) is 19.8 Å². The Hall–Kier alpha value is -1.64. The van der Waals surface area contributed by atoms with Crippen molar-refractivity contribution in [1.82, 2.24) is 9.80 Å². The van der Waals surface area contributed by atoms with Crippen molar-refractivity contribution in [2.45, 2.75) is 51.6 Å². The zero-order valence-electron chi connectivity index (χ0n) is 17.5. The van der Waals surface area contributed by atoms with Crippen molar-refractivity contribution in [2.24, 2.45) is 5.92 Å². The maximum atomic E-state index is 10.6. The smallest absolute Gasteiger partial charge is 0.475 e. The highest BCUT2D eigenvalue weighted by Crippen LogP contribution is 2.40. The monoisotopic (exact) mass is 416 g/mol. The Morgan fingerprint density at radius 3 is 2.45 bits per heavy atom. The van der Waals surface area contributed by atoms with Crippen LogP contribution in [0.15, 0.2) is 18.2 Å². The topological polar surface area (TPSA) is 53.0 Å². The lowest BCUT2D eigenvalue weighted by Crippen LogP contribution is -2.35. The molecule has 1 heterocycles. The highest BCUT2D eigenvalue weighted by Gasteiger charge is 2.47. The van der Waals surface area contributed by atoms with Crippen molar-refractivity contribution in [2.75, 3.05) is 33.8 Å². The fourth-order valence-corrected chi connectivity index (χ4v) is 3.99. The summed E-state index contributed by atoms with van der Waals surface area (Å²) in [5.74, 6) is -2.01. The van der Waals surface area contributed by atoms with E-state index in [-0.39, 0.29) is 0 Å². The molecule has 5 nitrogen and oxygen atoms in total. The van der Waals surface area contributed by atoms with E-state index in [0.717, 1.165) is 25.6 Å². The van der Waals surface area contributed by atoms with Crippen LogP contribution in [0.4, 0.5) is 13.2 Å². The van der Waals surface area contributed by atoms with Crippen LogP contribution < -0.4 is 0 Å². The maximum Gasteiger partial charge on any atom is 0.490 e. The predicted octanol–water partition coefficient (Wildman–Crippen LogP) is 3.48. The summed E-state index contributed by atoms with van der Waals surface area (Å²) in [6.07, 6.45) is -1.96. The van der Waals surface area contributed by atoms with E-state index in [1.807, 2.05) is 0 Å². The number of hydrogen-bond acceptors (Lipinski definition) is 4. The number of fused-ring (bicyclic) bond motifs is 2. The fraction of sp³-hybridized carbons (Fsp3) is 0.667. The first kappa shape index (κ1) is 23.6. The average molecular weight is 416 g/mol. The molecular formula is C21H31F3N2O3. The first-order chi connectivity index (χ1) is 13.5. The van der Waals surface area contributed by atoms with Crippen LogP contribution in [0.25, 0.3) is 0 Å². The highest BCUT2D eigenvalue weighted by molar-refractivity contribution is 5.73. The molecule has 164 valence electrons. The molecule has 1 saturated carbocycles. The van der Waals surface area contributed by atoms with E-state index in [2.05, 4.69) is 55.9 Å². The summed E-state index contributed by atoms with van der Waals surface area (Å²) in [7, 11) is 4.22. The zero-order valence-corrected chi connectivity index (χ0v) is 17.5. The molecule has 2 aliphatic rings. The number of rotatable bonds is 6. The molecule has 1 aliphatic heterocycles. The Bertz CT molecular complexity index is 694. The van der Waals surface area contributed by atoms with Gasteiger partial charge in [0.1, 0.15) is 0 Å². The normalized spacial score (nSPS) is 23.9. The van der Waals surface area contributed by atoms with Gasteiger partial charge in [-0.3, -0.25) is 4.90 Å². The Kier molecular flexibility index (Phi) is 8.08. The lowest BCUT2D eigenvalue weighted by molar-refractivity contribution is -0.192. The molecule has 1 aliphatic carbocycles. The van der Waals surface area contributed by atoms with Gasteiger partial charge in [0, 0.05) is 25.7 Å². The average Bonchev–Trinajstić information content (AvgIpc) is 3.14. The summed E-state index contributed by atoms with van der Waals surface area (Å²) in [4.78, 5) is 13.7. The second-order valence-corrected chi connectivity index (χ2v) is 8.19. The third-order valence-electron chi connectivity index (χ3n) is 5.66. The number of nitrogens with zero attached hydrogens (tertiary/aromatic N) is 2. The van der Waals surface area contributed by atoms with E-state index in [4.69, 9.17) is 14.6 Å². The van der Waals surface area contributed by atoms with Crippen LogP contribution >= 0.6 is 0 Å².